The van der Waals surface area contributed by atoms with Crippen molar-refractivity contribution in [1.29, 1.82) is 5.26 Å². The highest BCUT2D eigenvalue weighted by atomic mass is 32.2. The number of aryl methyl sites for hydroxylation is 1. The summed E-state index contributed by atoms with van der Waals surface area (Å²) in [5.74, 6) is 0.0740. The third-order valence-corrected chi connectivity index (χ3v) is 3.52. The molecule has 0 radical (unpaired) electrons. The number of rotatable bonds is 2. The van der Waals surface area contributed by atoms with Gasteiger partial charge in [0.2, 0.25) is 0 Å². The van der Waals surface area contributed by atoms with Gasteiger partial charge in [-0.25, -0.2) is 9.18 Å². The van der Waals surface area contributed by atoms with E-state index in [9.17, 15) is 9.18 Å². The molecule has 96 valence electrons. The molecular weight excluding hydrogens is 265 g/mol. The fourth-order valence-corrected chi connectivity index (χ4v) is 2.67. The van der Waals surface area contributed by atoms with Crippen LogP contribution in [-0.2, 0) is 0 Å². The second kappa shape index (κ2) is 5.29. The molecule has 2 aromatic rings. The Morgan fingerprint density at radius 1 is 1.32 bits per heavy atom. The maximum absolute atomic E-state index is 13.0. The van der Waals surface area contributed by atoms with Crippen molar-refractivity contribution >= 4 is 11.8 Å². The Bertz CT molecular complexity index is 714. The molecule has 0 saturated heterocycles. The van der Waals surface area contributed by atoms with Crippen LogP contribution in [0.5, 0.6) is 0 Å². The number of hydrogen-bond donors (Lipinski definition) is 0. The summed E-state index contributed by atoms with van der Waals surface area (Å²) in [5.41, 5.74) is 0.708. The number of nitrogens with zero attached hydrogens (tertiary/aromatic N) is 1. The minimum absolute atomic E-state index is 0.0163. The molecular formula is C14H10FNO2S. The smallest absolute Gasteiger partial charge is 0.355 e. The van der Waals surface area contributed by atoms with Crippen LogP contribution in [0, 0.1) is 24.1 Å². The Kier molecular flexibility index (Phi) is 3.72. The molecule has 0 atom stereocenters. The second-order valence-corrected chi connectivity index (χ2v) is 4.66. The molecule has 0 unspecified atom stereocenters. The largest absolute Gasteiger partial charge is 0.427 e. The number of hydrogen-bond acceptors (Lipinski definition) is 4. The quantitative estimate of drug-likeness (QED) is 0.789. The molecule has 5 heteroatoms. The summed E-state index contributed by atoms with van der Waals surface area (Å²) in [4.78, 5) is 12.2. The van der Waals surface area contributed by atoms with E-state index in [1.807, 2.05) is 6.07 Å². The summed E-state index contributed by atoms with van der Waals surface area (Å²) in [6.45, 7) is 1.65. The lowest BCUT2D eigenvalue weighted by Crippen LogP contribution is -2.08. The van der Waals surface area contributed by atoms with Gasteiger partial charge in [0.25, 0.3) is 0 Å². The van der Waals surface area contributed by atoms with Crippen LogP contribution in [0.1, 0.15) is 11.3 Å². The van der Waals surface area contributed by atoms with Gasteiger partial charge in [0, 0.05) is 10.5 Å². The van der Waals surface area contributed by atoms with Gasteiger partial charge in [-0.3, -0.25) is 0 Å². The van der Waals surface area contributed by atoms with Crippen molar-refractivity contribution in [2.24, 2.45) is 0 Å². The molecule has 1 aromatic heterocycles. The number of halogens is 1. The zero-order chi connectivity index (χ0) is 14.0. The van der Waals surface area contributed by atoms with E-state index >= 15 is 0 Å². The standard InChI is InChI=1S/C14H10FNO2S/c1-8-12(9-3-5-10(15)6-4-9)13(19-2)11(7-16)14(17)18-8/h3-6H,1-2H3. The van der Waals surface area contributed by atoms with Crippen LogP contribution in [0.2, 0.25) is 0 Å². The molecule has 1 heterocycles. The third kappa shape index (κ3) is 2.40. The van der Waals surface area contributed by atoms with Gasteiger partial charge in [-0.05, 0) is 30.9 Å². The average molecular weight is 275 g/mol. The molecule has 3 nitrogen and oxygen atoms in total. The molecule has 0 N–H and O–H groups in total. The van der Waals surface area contributed by atoms with Gasteiger partial charge in [-0.1, -0.05) is 12.1 Å². The van der Waals surface area contributed by atoms with Crippen LogP contribution in [0.15, 0.2) is 38.4 Å². The maximum Gasteiger partial charge on any atom is 0.355 e. The van der Waals surface area contributed by atoms with Gasteiger partial charge in [0.05, 0.1) is 0 Å². The van der Waals surface area contributed by atoms with E-state index < -0.39 is 5.63 Å². The van der Waals surface area contributed by atoms with Crippen molar-refractivity contribution in [3.63, 3.8) is 0 Å². The lowest BCUT2D eigenvalue weighted by Gasteiger charge is -2.10. The molecule has 1 aromatic carbocycles. The third-order valence-electron chi connectivity index (χ3n) is 2.70. The molecule has 0 bridgehead atoms. The van der Waals surface area contributed by atoms with E-state index in [0.717, 1.165) is 0 Å². The molecule has 0 spiro atoms. The molecule has 0 amide bonds. The van der Waals surface area contributed by atoms with E-state index in [-0.39, 0.29) is 11.4 Å². The van der Waals surface area contributed by atoms with Crippen LogP contribution < -0.4 is 5.63 Å². The predicted octanol–water partition coefficient (Wildman–Crippen LogP) is 3.35. The SMILES string of the molecule is CSc1c(-c2ccc(F)cc2)c(C)oc(=O)c1C#N. The lowest BCUT2D eigenvalue weighted by molar-refractivity contribution is 0.476. The van der Waals surface area contributed by atoms with E-state index in [1.165, 1.54) is 23.9 Å². The van der Waals surface area contributed by atoms with Gasteiger partial charge in [0.15, 0.2) is 5.56 Å². The van der Waals surface area contributed by atoms with Crippen molar-refractivity contribution in [2.75, 3.05) is 6.26 Å². The first kappa shape index (κ1) is 13.4. The Labute approximate surface area is 113 Å². The monoisotopic (exact) mass is 275 g/mol. The van der Waals surface area contributed by atoms with Gasteiger partial charge in [-0.2, -0.15) is 5.26 Å². The van der Waals surface area contributed by atoms with Crippen LogP contribution in [0.4, 0.5) is 4.39 Å². The second-order valence-electron chi connectivity index (χ2n) is 3.85. The average Bonchev–Trinajstić information content (AvgIpc) is 2.39. The predicted molar refractivity (Wildman–Crippen MR) is 71.6 cm³/mol. The van der Waals surface area contributed by atoms with Crippen molar-refractivity contribution < 1.29 is 8.81 Å². The van der Waals surface area contributed by atoms with Gasteiger partial charge >= 0.3 is 5.63 Å². The molecule has 19 heavy (non-hydrogen) atoms. The maximum atomic E-state index is 13.0. The molecule has 0 aliphatic carbocycles. The fraction of sp³-hybridized carbons (Fsp3) is 0.143. The Morgan fingerprint density at radius 2 is 1.95 bits per heavy atom. The zero-order valence-corrected chi connectivity index (χ0v) is 11.2. The fourth-order valence-electron chi connectivity index (χ4n) is 1.87. The Hall–Kier alpha value is -2.06. The van der Waals surface area contributed by atoms with Gasteiger partial charge < -0.3 is 4.42 Å². The summed E-state index contributed by atoms with van der Waals surface area (Å²) in [5, 5.41) is 9.05. The topological polar surface area (TPSA) is 54.0 Å². The molecule has 2 rings (SSSR count). The number of benzene rings is 1. The summed E-state index contributed by atoms with van der Waals surface area (Å²) < 4.78 is 18.0. The molecule has 0 fully saturated rings. The zero-order valence-electron chi connectivity index (χ0n) is 10.4. The number of nitriles is 1. The van der Waals surface area contributed by atoms with Crippen molar-refractivity contribution in [3.8, 4) is 17.2 Å². The van der Waals surface area contributed by atoms with E-state index in [0.29, 0.717) is 21.8 Å². The van der Waals surface area contributed by atoms with Gasteiger partial charge in [-0.15, -0.1) is 11.8 Å². The van der Waals surface area contributed by atoms with Gasteiger partial charge in [0.1, 0.15) is 17.6 Å². The van der Waals surface area contributed by atoms with E-state index in [2.05, 4.69) is 0 Å². The first-order valence-corrected chi connectivity index (χ1v) is 6.68. The number of thioether (sulfide) groups is 1. The van der Waals surface area contributed by atoms with Crippen LogP contribution in [0.3, 0.4) is 0 Å². The first-order valence-electron chi connectivity index (χ1n) is 5.46. The summed E-state index contributed by atoms with van der Waals surface area (Å²) in [6.07, 6.45) is 1.78. The van der Waals surface area contributed by atoms with Crippen LogP contribution in [0.25, 0.3) is 11.1 Å². The summed E-state index contributed by atoms with van der Waals surface area (Å²) >= 11 is 1.30. The normalized spacial score (nSPS) is 10.2. The molecule has 0 aliphatic rings. The van der Waals surface area contributed by atoms with E-state index in [4.69, 9.17) is 9.68 Å². The van der Waals surface area contributed by atoms with Crippen LogP contribution in [-0.4, -0.2) is 6.26 Å². The highest BCUT2D eigenvalue weighted by molar-refractivity contribution is 7.98. The summed E-state index contributed by atoms with van der Waals surface area (Å²) in [6, 6.07) is 7.71. The molecule has 0 aliphatic heterocycles. The highest BCUT2D eigenvalue weighted by Crippen LogP contribution is 2.34. The summed E-state index contributed by atoms with van der Waals surface area (Å²) in [7, 11) is 0. The van der Waals surface area contributed by atoms with E-state index in [1.54, 1.807) is 25.3 Å². The van der Waals surface area contributed by atoms with Crippen molar-refractivity contribution in [3.05, 3.63) is 51.8 Å². The minimum Gasteiger partial charge on any atom is -0.427 e. The van der Waals surface area contributed by atoms with Crippen LogP contribution >= 0.6 is 11.8 Å². The lowest BCUT2D eigenvalue weighted by atomic mass is 10.0. The minimum atomic E-state index is -0.643. The van der Waals surface area contributed by atoms with Crippen molar-refractivity contribution in [1.82, 2.24) is 0 Å². The first-order chi connectivity index (χ1) is 9.08. The highest BCUT2D eigenvalue weighted by Gasteiger charge is 2.18. The molecule has 0 saturated carbocycles. The Balaban J connectivity index is 2.80. The Morgan fingerprint density at radius 3 is 2.47 bits per heavy atom. The van der Waals surface area contributed by atoms with Crippen molar-refractivity contribution in [2.45, 2.75) is 11.8 Å².